The summed E-state index contributed by atoms with van der Waals surface area (Å²) in [4.78, 5) is 0. The molecule has 4 nitrogen and oxygen atoms in total. The van der Waals surface area contributed by atoms with Gasteiger partial charge in [0.2, 0.25) is 0 Å². The minimum Gasteiger partial charge on any atom is -0.507 e. The number of rotatable bonds is 3. The maximum absolute atomic E-state index is 12.9. The van der Waals surface area contributed by atoms with E-state index >= 15 is 0 Å². The number of hydrazone groups is 1. The van der Waals surface area contributed by atoms with Crippen LogP contribution in [0.25, 0.3) is 10.8 Å². The third-order valence-corrected chi connectivity index (χ3v) is 3.60. The lowest BCUT2D eigenvalue weighted by molar-refractivity contribution is 0.475. The molecule has 3 aromatic carbocycles. The molecule has 0 unspecified atom stereocenters. The Kier molecular flexibility index (Phi) is 4.67. The quantitative estimate of drug-likeness (QED) is 0.383. The Hall–Kier alpha value is -2.99. The molecule has 0 heterocycles. The van der Waals surface area contributed by atoms with Crippen LogP contribution >= 0.6 is 12.2 Å². The number of phenolic OH excluding ortho intramolecular Hbond substituents is 1. The molecule has 0 radical (unpaired) electrons. The first-order chi connectivity index (χ1) is 11.6. The smallest absolute Gasteiger partial charge is 0.191 e. The predicted octanol–water partition coefficient (Wildman–Crippen LogP) is 4.01. The molecule has 120 valence electrons. The molecule has 0 aliphatic rings. The Labute approximate surface area is 143 Å². The Morgan fingerprint density at radius 1 is 1.04 bits per heavy atom. The molecule has 0 bridgehead atoms. The van der Waals surface area contributed by atoms with Crippen LogP contribution in [0.3, 0.4) is 0 Å². The summed E-state index contributed by atoms with van der Waals surface area (Å²) in [5.74, 6) is -0.180. The van der Waals surface area contributed by atoms with Gasteiger partial charge in [0.1, 0.15) is 11.6 Å². The normalized spacial score (nSPS) is 10.9. The van der Waals surface area contributed by atoms with Crippen molar-refractivity contribution in [2.75, 3.05) is 5.32 Å². The Balaban J connectivity index is 1.71. The van der Waals surface area contributed by atoms with E-state index in [9.17, 15) is 9.50 Å². The van der Waals surface area contributed by atoms with E-state index in [1.165, 1.54) is 18.3 Å². The first kappa shape index (κ1) is 15.9. The van der Waals surface area contributed by atoms with Crippen LogP contribution in [0, 0.1) is 5.82 Å². The van der Waals surface area contributed by atoms with Gasteiger partial charge < -0.3 is 10.4 Å². The van der Waals surface area contributed by atoms with E-state index in [1.807, 2.05) is 30.3 Å². The fourth-order valence-electron chi connectivity index (χ4n) is 2.27. The lowest BCUT2D eigenvalue weighted by atomic mass is 10.0. The standard InChI is InChI=1S/C18H14FN3OS/c19-13-6-8-14(9-7-13)21-18(24)22-20-11-16-15-4-2-1-3-12(15)5-10-17(16)23/h1-11,23H,(H2,21,22,24)/b20-11-. The van der Waals surface area contributed by atoms with Crippen molar-refractivity contribution in [3.63, 3.8) is 0 Å². The molecule has 0 saturated heterocycles. The van der Waals surface area contributed by atoms with Crippen molar-refractivity contribution >= 4 is 40.0 Å². The molecule has 3 N–H and O–H groups in total. The highest BCUT2D eigenvalue weighted by molar-refractivity contribution is 7.80. The second-order valence-corrected chi connectivity index (χ2v) is 5.46. The lowest BCUT2D eigenvalue weighted by Gasteiger charge is -2.07. The summed E-state index contributed by atoms with van der Waals surface area (Å²) < 4.78 is 12.9. The van der Waals surface area contributed by atoms with Crippen molar-refractivity contribution in [3.05, 3.63) is 72.0 Å². The maximum Gasteiger partial charge on any atom is 0.191 e. The maximum atomic E-state index is 12.9. The zero-order valence-electron chi connectivity index (χ0n) is 12.5. The van der Waals surface area contributed by atoms with Crippen molar-refractivity contribution in [1.82, 2.24) is 5.43 Å². The van der Waals surface area contributed by atoms with Crippen molar-refractivity contribution in [3.8, 4) is 5.75 Å². The van der Waals surface area contributed by atoms with E-state index in [0.29, 0.717) is 11.3 Å². The van der Waals surface area contributed by atoms with Crippen LogP contribution in [0.15, 0.2) is 65.8 Å². The topological polar surface area (TPSA) is 56.7 Å². The second kappa shape index (κ2) is 7.06. The van der Waals surface area contributed by atoms with Crippen LogP contribution < -0.4 is 10.7 Å². The molecule has 24 heavy (non-hydrogen) atoms. The van der Waals surface area contributed by atoms with Gasteiger partial charge in [0.15, 0.2) is 5.11 Å². The number of aromatic hydroxyl groups is 1. The first-order valence-electron chi connectivity index (χ1n) is 7.20. The number of phenols is 1. The number of nitrogens with zero attached hydrogens (tertiary/aromatic N) is 1. The molecule has 6 heteroatoms. The highest BCUT2D eigenvalue weighted by Crippen LogP contribution is 2.25. The lowest BCUT2D eigenvalue weighted by Crippen LogP contribution is -2.23. The number of hydrogen-bond acceptors (Lipinski definition) is 3. The van der Waals surface area contributed by atoms with E-state index in [-0.39, 0.29) is 16.7 Å². The third kappa shape index (κ3) is 3.67. The summed E-state index contributed by atoms with van der Waals surface area (Å²) >= 11 is 5.12. The minimum absolute atomic E-state index is 0.136. The molecule has 0 saturated carbocycles. The van der Waals surface area contributed by atoms with Crippen LogP contribution in [-0.4, -0.2) is 16.4 Å². The number of thiocarbonyl (C=S) groups is 1. The number of anilines is 1. The molecule has 0 aliphatic carbocycles. The third-order valence-electron chi connectivity index (χ3n) is 3.41. The molecule has 0 atom stereocenters. The van der Waals surface area contributed by atoms with E-state index in [4.69, 9.17) is 12.2 Å². The molecule has 3 rings (SSSR count). The minimum atomic E-state index is -0.316. The largest absolute Gasteiger partial charge is 0.507 e. The summed E-state index contributed by atoms with van der Waals surface area (Å²) in [6, 6.07) is 17.0. The Bertz CT molecular complexity index is 910. The molecule has 0 aromatic heterocycles. The fourth-order valence-corrected chi connectivity index (χ4v) is 2.44. The summed E-state index contributed by atoms with van der Waals surface area (Å²) in [6.07, 6.45) is 1.51. The number of benzene rings is 3. The van der Waals surface area contributed by atoms with E-state index in [2.05, 4.69) is 15.8 Å². The van der Waals surface area contributed by atoms with Crippen molar-refractivity contribution in [1.29, 1.82) is 0 Å². The Morgan fingerprint density at radius 3 is 2.58 bits per heavy atom. The summed E-state index contributed by atoms with van der Waals surface area (Å²) in [5.41, 5.74) is 3.92. The summed E-state index contributed by atoms with van der Waals surface area (Å²) in [7, 11) is 0. The van der Waals surface area contributed by atoms with Crippen LogP contribution in [0.4, 0.5) is 10.1 Å². The van der Waals surface area contributed by atoms with E-state index in [1.54, 1.807) is 18.2 Å². The van der Waals surface area contributed by atoms with Gasteiger partial charge in [-0.3, -0.25) is 5.43 Å². The fraction of sp³-hybridized carbons (Fsp3) is 0. The zero-order chi connectivity index (χ0) is 16.9. The van der Waals surface area contributed by atoms with Gasteiger partial charge in [0, 0.05) is 11.3 Å². The first-order valence-corrected chi connectivity index (χ1v) is 7.60. The van der Waals surface area contributed by atoms with Crippen LogP contribution in [0.1, 0.15) is 5.56 Å². The second-order valence-electron chi connectivity index (χ2n) is 5.05. The molecular weight excluding hydrogens is 325 g/mol. The average Bonchev–Trinajstić information content (AvgIpc) is 2.59. The Morgan fingerprint density at radius 2 is 1.79 bits per heavy atom. The van der Waals surface area contributed by atoms with Crippen molar-refractivity contribution in [2.24, 2.45) is 5.10 Å². The van der Waals surface area contributed by atoms with E-state index < -0.39 is 0 Å². The van der Waals surface area contributed by atoms with Gasteiger partial charge in [-0.1, -0.05) is 30.3 Å². The van der Waals surface area contributed by atoms with Crippen molar-refractivity contribution in [2.45, 2.75) is 0 Å². The van der Waals surface area contributed by atoms with Gasteiger partial charge in [-0.25, -0.2) is 4.39 Å². The molecule has 0 aliphatic heterocycles. The van der Waals surface area contributed by atoms with Crippen LogP contribution in [0.2, 0.25) is 0 Å². The van der Waals surface area contributed by atoms with Gasteiger partial charge in [-0.2, -0.15) is 5.10 Å². The van der Waals surface area contributed by atoms with Crippen LogP contribution in [0.5, 0.6) is 5.75 Å². The molecule has 3 aromatic rings. The molecule has 0 spiro atoms. The summed E-state index contributed by atoms with van der Waals surface area (Å²) in [5, 5.41) is 19.1. The highest BCUT2D eigenvalue weighted by Gasteiger charge is 2.04. The monoisotopic (exact) mass is 339 g/mol. The number of nitrogens with one attached hydrogen (secondary N) is 2. The zero-order valence-corrected chi connectivity index (χ0v) is 13.3. The average molecular weight is 339 g/mol. The SMILES string of the molecule is Oc1ccc2ccccc2c1/C=N\NC(=S)Nc1ccc(F)cc1. The number of fused-ring (bicyclic) bond motifs is 1. The van der Waals surface area contributed by atoms with Gasteiger partial charge >= 0.3 is 0 Å². The van der Waals surface area contributed by atoms with Crippen molar-refractivity contribution < 1.29 is 9.50 Å². The summed E-state index contributed by atoms with van der Waals surface area (Å²) in [6.45, 7) is 0. The molecular formula is C18H14FN3OS. The predicted molar refractivity (Wildman–Crippen MR) is 99.0 cm³/mol. The van der Waals surface area contributed by atoms with Gasteiger partial charge in [-0.15, -0.1) is 0 Å². The number of halogens is 1. The molecule has 0 fully saturated rings. The number of hydrogen-bond donors (Lipinski definition) is 3. The highest BCUT2D eigenvalue weighted by atomic mass is 32.1. The van der Waals surface area contributed by atoms with Gasteiger partial charge in [0.25, 0.3) is 0 Å². The van der Waals surface area contributed by atoms with Gasteiger partial charge in [-0.05, 0) is 53.3 Å². The molecule has 0 amide bonds. The van der Waals surface area contributed by atoms with Crippen LogP contribution in [-0.2, 0) is 0 Å². The van der Waals surface area contributed by atoms with E-state index in [0.717, 1.165) is 10.8 Å². The van der Waals surface area contributed by atoms with Gasteiger partial charge in [0.05, 0.1) is 6.21 Å².